The number of nitrogens with one attached hydrogen (secondary N) is 2. The minimum atomic E-state index is -3.48. The number of ether oxygens (including phenoxy) is 1. The molecule has 0 amide bonds. The van der Waals surface area contributed by atoms with Crippen molar-refractivity contribution in [3.8, 4) is 5.75 Å². The zero-order chi connectivity index (χ0) is 21.9. The first kappa shape index (κ1) is 21.8. The highest BCUT2D eigenvalue weighted by atomic mass is 32.2. The number of aliphatic imine (C=N–C) groups is 1. The van der Waals surface area contributed by atoms with E-state index in [1.807, 2.05) is 43.3 Å². The zero-order valence-corrected chi connectivity index (χ0v) is 18.9. The maximum Gasteiger partial charge on any atom is 0.243 e. The lowest BCUT2D eigenvalue weighted by Crippen LogP contribution is -2.64. The molecule has 166 valence electrons. The number of amidine groups is 1. The Balaban J connectivity index is 1.43. The number of piperidine rings is 1. The zero-order valence-electron chi connectivity index (χ0n) is 18.1. The van der Waals surface area contributed by atoms with E-state index in [0.29, 0.717) is 37.4 Å². The van der Waals surface area contributed by atoms with Crippen LogP contribution in [0.1, 0.15) is 24.0 Å². The quantitative estimate of drug-likeness (QED) is 0.743. The van der Waals surface area contributed by atoms with E-state index in [2.05, 4.69) is 10.6 Å². The Bertz CT molecular complexity index is 1030. The number of aryl methyl sites for hydroxylation is 1. The number of sulfonamides is 1. The van der Waals surface area contributed by atoms with Crippen molar-refractivity contribution in [3.05, 3.63) is 59.7 Å². The monoisotopic (exact) mass is 442 g/mol. The third kappa shape index (κ3) is 4.61. The highest BCUT2D eigenvalue weighted by molar-refractivity contribution is 7.89. The summed E-state index contributed by atoms with van der Waals surface area (Å²) in [5.74, 6) is 1.76. The molecule has 2 aliphatic rings. The van der Waals surface area contributed by atoms with Crippen LogP contribution in [0.5, 0.6) is 5.75 Å². The van der Waals surface area contributed by atoms with Crippen LogP contribution in [-0.4, -0.2) is 57.4 Å². The molecule has 2 aromatic carbocycles. The first-order valence-corrected chi connectivity index (χ1v) is 12.1. The topological polar surface area (TPSA) is 83.0 Å². The number of benzene rings is 2. The summed E-state index contributed by atoms with van der Waals surface area (Å²) >= 11 is 0. The van der Waals surface area contributed by atoms with Gasteiger partial charge in [0.2, 0.25) is 10.0 Å². The average molecular weight is 443 g/mol. The van der Waals surface area contributed by atoms with Crippen LogP contribution in [0.4, 0.5) is 0 Å². The van der Waals surface area contributed by atoms with Crippen LogP contribution in [0, 0.1) is 6.92 Å². The van der Waals surface area contributed by atoms with E-state index in [-0.39, 0.29) is 5.54 Å². The molecule has 8 heteroatoms. The fourth-order valence-corrected chi connectivity index (χ4v) is 5.67. The smallest absolute Gasteiger partial charge is 0.243 e. The van der Waals surface area contributed by atoms with Crippen LogP contribution in [0.2, 0.25) is 0 Å². The van der Waals surface area contributed by atoms with Crippen molar-refractivity contribution in [2.75, 3.05) is 33.3 Å². The van der Waals surface area contributed by atoms with Crippen LogP contribution >= 0.6 is 0 Å². The van der Waals surface area contributed by atoms with Gasteiger partial charge in [0.1, 0.15) is 11.6 Å². The van der Waals surface area contributed by atoms with E-state index in [1.165, 1.54) is 0 Å². The van der Waals surface area contributed by atoms with E-state index in [9.17, 15) is 8.42 Å². The van der Waals surface area contributed by atoms with Gasteiger partial charge in [-0.3, -0.25) is 4.99 Å². The van der Waals surface area contributed by atoms with Gasteiger partial charge in [-0.25, -0.2) is 8.42 Å². The summed E-state index contributed by atoms with van der Waals surface area (Å²) in [5.41, 5.74) is 1.89. The van der Waals surface area contributed by atoms with Crippen molar-refractivity contribution in [3.63, 3.8) is 0 Å². The predicted molar refractivity (Wildman–Crippen MR) is 122 cm³/mol. The van der Waals surface area contributed by atoms with Gasteiger partial charge in [0.15, 0.2) is 0 Å². The Morgan fingerprint density at radius 3 is 2.42 bits per heavy atom. The van der Waals surface area contributed by atoms with Gasteiger partial charge in [0, 0.05) is 26.2 Å². The fourth-order valence-electron chi connectivity index (χ4n) is 4.23. The minimum Gasteiger partial charge on any atom is -0.497 e. The molecule has 7 nitrogen and oxygen atoms in total. The van der Waals surface area contributed by atoms with E-state index in [1.54, 1.807) is 23.5 Å². The molecule has 0 radical (unpaired) electrons. The maximum absolute atomic E-state index is 13.1. The van der Waals surface area contributed by atoms with Gasteiger partial charge in [-0.2, -0.15) is 4.31 Å². The van der Waals surface area contributed by atoms with Crippen LogP contribution in [0.25, 0.3) is 0 Å². The Morgan fingerprint density at radius 2 is 1.77 bits per heavy atom. The first-order valence-electron chi connectivity index (χ1n) is 10.7. The second kappa shape index (κ2) is 8.98. The average Bonchev–Trinajstić information content (AvgIpc) is 2.79. The Morgan fingerprint density at radius 1 is 1.10 bits per heavy atom. The summed E-state index contributed by atoms with van der Waals surface area (Å²) in [6, 6.07) is 15.0. The molecule has 0 aromatic heterocycles. The van der Waals surface area contributed by atoms with E-state index in [4.69, 9.17) is 9.73 Å². The lowest BCUT2D eigenvalue weighted by molar-refractivity contribution is 0.241. The summed E-state index contributed by atoms with van der Waals surface area (Å²) in [4.78, 5) is 5.12. The Hall–Kier alpha value is -2.42. The number of hydrogen-bond donors (Lipinski definition) is 2. The second-order valence-corrected chi connectivity index (χ2v) is 10.1. The summed E-state index contributed by atoms with van der Waals surface area (Å²) in [5, 5.41) is 7.13. The van der Waals surface area contributed by atoms with Crippen LogP contribution < -0.4 is 15.4 Å². The molecular weight excluding hydrogens is 412 g/mol. The van der Waals surface area contributed by atoms with Crippen molar-refractivity contribution < 1.29 is 13.2 Å². The van der Waals surface area contributed by atoms with Crippen LogP contribution in [0.15, 0.2) is 58.4 Å². The van der Waals surface area contributed by atoms with Gasteiger partial charge in [-0.1, -0.05) is 29.8 Å². The highest BCUT2D eigenvalue weighted by Crippen LogP contribution is 2.29. The van der Waals surface area contributed by atoms with Crippen molar-refractivity contribution >= 4 is 15.9 Å². The molecule has 0 aliphatic carbocycles. The standard InChI is InChI=1S/C23H30N4O3S/c1-18-3-9-21(10-4-18)31(28,29)27-15-11-23(12-16-27)22(24-13-14-26-23)25-17-19-5-7-20(30-2)8-6-19/h3-10,26H,11-17H2,1-2H3,(H,24,25). The lowest BCUT2D eigenvalue weighted by atomic mass is 9.85. The van der Waals surface area contributed by atoms with Gasteiger partial charge in [0.05, 0.1) is 24.1 Å². The molecule has 0 bridgehead atoms. The molecular formula is C23H30N4O3S. The third-order valence-electron chi connectivity index (χ3n) is 6.15. The summed E-state index contributed by atoms with van der Waals surface area (Å²) in [6.45, 7) is 5.07. The summed E-state index contributed by atoms with van der Waals surface area (Å²) in [6.07, 6.45) is 1.37. The molecule has 31 heavy (non-hydrogen) atoms. The van der Waals surface area contributed by atoms with Crippen molar-refractivity contribution in [2.24, 2.45) is 4.99 Å². The Labute approximate surface area is 184 Å². The van der Waals surface area contributed by atoms with Crippen molar-refractivity contribution in [1.29, 1.82) is 0 Å². The largest absolute Gasteiger partial charge is 0.497 e. The maximum atomic E-state index is 13.1. The van der Waals surface area contributed by atoms with E-state index < -0.39 is 10.0 Å². The number of rotatable bonds is 5. The van der Waals surface area contributed by atoms with Crippen LogP contribution in [0.3, 0.4) is 0 Å². The third-order valence-corrected chi connectivity index (χ3v) is 8.07. The molecule has 2 aliphatic heterocycles. The SMILES string of the molecule is COc1ccc(CNC2=NCCNC23CCN(S(=O)(=O)c2ccc(C)cc2)CC3)cc1. The van der Waals surface area contributed by atoms with Crippen LogP contribution in [-0.2, 0) is 16.6 Å². The molecule has 0 unspecified atom stereocenters. The van der Waals surface area contributed by atoms with Gasteiger partial charge in [0.25, 0.3) is 0 Å². The minimum absolute atomic E-state index is 0.302. The van der Waals surface area contributed by atoms with Gasteiger partial charge >= 0.3 is 0 Å². The first-order chi connectivity index (χ1) is 14.9. The normalized spacial score (nSPS) is 19.1. The molecule has 0 saturated carbocycles. The van der Waals surface area contributed by atoms with Gasteiger partial charge in [-0.05, 0) is 49.6 Å². The summed E-state index contributed by atoms with van der Waals surface area (Å²) in [7, 11) is -1.82. The molecule has 1 saturated heterocycles. The molecule has 0 atom stereocenters. The lowest BCUT2D eigenvalue weighted by Gasteiger charge is -2.44. The van der Waals surface area contributed by atoms with Crippen molar-refractivity contribution in [1.82, 2.24) is 14.9 Å². The van der Waals surface area contributed by atoms with E-state index >= 15 is 0 Å². The number of methoxy groups -OCH3 is 1. The second-order valence-electron chi connectivity index (χ2n) is 8.16. The molecule has 2 N–H and O–H groups in total. The number of hydrogen-bond acceptors (Lipinski definition) is 6. The molecule has 2 heterocycles. The highest BCUT2D eigenvalue weighted by Gasteiger charge is 2.43. The summed E-state index contributed by atoms with van der Waals surface area (Å²) < 4.78 is 32.9. The molecule has 2 aromatic rings. The van der Waals surface area contributed by atoms with E-state index in [0.717, 1.165) is 35.8 Å². The van der Waals surface area contributed by atoms with Crippen molar-refractivity contribution in [2.45, 2.75) is 36.7 Å². The Kier molecular flexibility index (Phi) is 6.31. The fraction of sp³-hybridized carbons (Fsp3) is 0.435. The predicted octanol–water partition coefficient (Wildman–Crippen LogP) is 2.32. The molecule has 1 fully saturated rings. The van der Waals surface area contributed by atoms with Gasteiger partial charge < -0.3 is 15.4 Å². The van der Waals surface area contributed by atoms with Gasteiger partial charge in [-0.15, -0.1) is 0 Å². The number of nitrogens with zero attached hydrogens (tertiary/aromatic N) is 2. The molecule has 4 rings (SSSR count). The molecule has 1 spiro atoms.